The number of hydrogen-bond acceptors (Lipinski definition) is 3. The predicted octanol–water partition coefficient (Wildman–Crippen LogP) is 4.35. The summed E-state index contributed by atoms with van der Waals surface area (Å²) in [5, 5.41) is 2.76. The Hall–Kier alpha value is -2.56. The van der Waals surface area contributed by atoms with Crippen molar-refractivity contribution < 1.29 is 9.18 Å². The Morgan fingerprint density at radius 3 is 2.76 bits per heavy atom. The van der Waals surface area contributed by atoms with Crippen molar-refractivity contribution in [3.63, 3.8) is 0 Å². The van der Waals surface area contributed by atoms with E-state index >= 15 is 0 Å². The first-order chi connectivity index (χ1) is 12.0. The Morgan fingerprint density at radius 1 is 1.28 bits per heavy atom. The van der Waals surface area contributed by atoms with E-state index in [1.807, 2.05) is 19.1 Å². The number of carbonyl (C=O) groups excluding carboxylic acids is 1. The van der Waals surface area contributed by atoms with Crippen LogP contribution in [0.3, 0.4) is 0 Å². The second-order valence-electron chi connectivity index (χ2n) is 6.70. The van der Waals surface area contributed by atoms with E-state index in [1.54, 1.807) is 12.1 Å². The van der Waals surface area contributed by atoms with Crippen LogP contribution in [0.15, 0.2) is 36.4 Å². The summed E-state index contributed by atoms with van der Waals surface area (Å²) in [6, 6.07) is 10.2. The normalized spacial score (nSPS) is 17.4. The molecule has 1 saturated heterocycles. The summed E-state index contributed by atoms with van der Waals surface area (Å²) in [5.41, 5.74) is 9.26. The molecule has 0 unspecified atom stereocenters. The van der Waals surface area contributed by atoms with Crippen LogP contribution in [0.4, 0.5) is 21.5 Å². The van der Waals surface area contributed by atoms with E-state index in [2.05, 4.69) is 17.1 Å². The lowest BCUT2D eigenvalue weighted by atomic mass is 10.0. The molecule has 3 N–H and O–H groups in total. The Kier molecular flexibility index (Phi) is 4.93. The van der Waals surface area contributed by atoms with Gasteiger partial charge in [-0.3, -0.25) is 4.79 Å². The van der Waals surface area contributed by atoms with E-state index in [1.165, 1.54) is 18.6 Å². The summed E-state index contributed by atoms with van der Waals surface area (Å²) in [4.78, 5) is 14.8. The minimum atomic E-state index is -0.546. The molecular weight excluding hydrogens is 317 g/mol. The molecule has 1 fully saturated rings. The lowest BCUT2D eigenvalue weighted by Gasteiger charge is -2.36. The van der Waals surface area contributed by atoms with Gasteiger partial charge in [0.05, 0.1) is 16.9 Å². The van der Waals surface area contributed by atoms with Gasteiger partial charge in [0, 0.05) is 18.3 Å². The summed E-state index contributed by atoms with van der Waals surface area (Å²) in [6.45, 7) is 5.23. The highest BCUT2D eigenvalue weighted by atomic mass is 19.1. The van der Waals surface area contributed by atoms with Crippen LogP contribution in [0.1, 0.15) is 42.1 Å². The molecule has 1 aliphatic rings. The zero-order chi connectivity index (χ0) is 18.0. The van der Waals surface area contributed by atoms with Gasteiger partial charge in [0.25, 0.3) is 5.91 Å². The molecule has 1 atom stereocenters. The van der Waals surface area contributed by atoms with Crippen LogP contribution < -0.4 is 16.0 Å². The van der Waals surface area contributed by atoms with Gasteiger partial charge in [0.1, 0.15) is 5.82 Å². The average Bonchev–Trinajstić information content (AvgIpc) is 2.58. The number of rotatable bonds is 3. The van der Waals surface area contributed by atoms with Crippen LogP contribution in [-0.4, -0.2) is 18.5 Å². The highest BCUT2D eigenvalue weighted by Crippen LogP contribution is 2.33. The molecule has 1 amide bonds. The van der Waals surface area contributed by atoms with Crippen molar-refractivity contribution in [2.24, 2.45) is 0 Å². The van der Waals surface area contributed by atoms with Crippen molar-refractivity contribution in [2.75, 3.05) is 22.5 Å². The van der Waals surface area contributed by atoms with Gasteiger partial charge < -0.3 is 16.0 Å². The molecule has 1 heterocycles. The largest absolute Gasteiger partial charge is 0.397 e. The third-order valence-electron chi connectivity index (χ3n) is 4.85. The zero-order valence-electron chi connectivity index (χ0n) is 14.7. The number of benzene rings is 2. The van der Waals surface area contributed by atoms with E-state index in [-0.39, 0.29) is 5.56 Å². The van der Waals surface area contributed by atoms with E-state index in [0.717, 1.165) is 30.6 Å². The van der Waals surface area contributed by atoms with Crippen molar-refractivity contribution in [1.29, 1.82) is 0 Å². The molecular formula is C20H24FN3O. The first-order valence-corrected chi connectivity index (χ1v) is 8.70. The van der Waals surface area contributed by atoms with Gasteiger partial charge >= 0.3 is 0 Å². The number of aryl methyl sites for hydroxylation is 1. The lowest BCUT2D eigenvalue weighted by molar-refractivity contribution is 0.102. The van der Waals surface area contributed by atoms with Gasteiger partial charge in [-0.2, -0.15) is 0 Å². The molecule has 132 valence electrons. The summed E-state index contributed by atoms with van der Waals surface area (Å²) in [5.74, 6) is -1.04. The summed E-state index contributed by atoms with van der Waals surface area (Å²) in [7, 11) is 0. The molecule has 25 heavy (non-hydrogen) atoms. The SMILES string of the molecule is Cc1cc(N)c(NC(=O)c2ccccc2F)cc1N1CCCC[C@@H]1C. The Balaban J connectivity index is 1.90. The molecule has 0 radical (unpaired) electrons. The second-order valence-corrected chi connectivity index (χ2v) is 6.70. The second kappa shape index (κ2) is 7.13. The number of nitrogens with two attached hydrogens (primary N) is 1. The number of nitrogen functional groups attached to an aromatic ring is 1. The van der Waals surface area contributed by atoms with Crippen LogP contribution in [0.5, 0.6) is 0 Å². The molecule has 0 bridgehead atoms. The number of carbonyl (C=O) groups is 1. The molecule has 0 spiro atoms. The Bertz CT molecular complexity index is 791. The Morgan fingerprint density at radius 2 is 2.04 bits per heavy atom. The van der Waals surface area contributed by atoms with Gasteiger partial charge in [-0.25, -0.2) is 4.39 Å². The van der Waals surface area contributed by atoms with Gasteiger partial charge in [-0.15, -0.1) is 0 Å². The fourth-order valence-electron chi connectivity index (χ4n) is 3.43. The number of anilines is 3. The molecule has 2 aromatic carbocycles. The first-order valence-electron chi connectivity index (χ1n) is 8.70. The van der Waals surface area contributed by atoms with E-state index in [9.17, 15) is 9.18 Å². The maximum Gasteiger partial charge on any atom is 0.258 e. The van der Waals surface area contributed by atoms with Crippen LogP contribution in [0, 0.1) is 12.7 Å². The van der Waals surface area contributed by atoms with E-state index in [4.69, 9.17) is 5.73 Å². The fourth-order valence-corrected chi connectivity index (χ4v) is 3.43. The predicted molar refractivity (Wildman–Crippen MR) is 101 cm³/mol. The van der Waals surface area contributed by atoms with Crippen molar-refractivity contribution in [1.82, 2.24) is 0 Å². The van der Waals surface area contributed by atoms with Crippen LogP contribution >= 0.6 is 0 Å². The van der Waals surface area contributed by atoms with Gasteiger partial charge in [-0.1, -0.05) is 12.1 Å². The van der Waals surface area contributed by atoms with Crippen molar-refractivity contribution >= 4 is 23.0 Å². The van der Waals surface area contributed by atoms with Crippen molar-refractivity contribution in [3.05, 3.63) is 53.3 Å². The van der Waals surface area contributed by atoms with E-state index < -0.39 is 11.7 Å². The summed E-state index contributed by atoms with van der Waals surface area (Å²) < 4.78 is 13.8. The van der Waals surface area contributed by atoms with E-state index in [0.29, 0.717) is 17.4 Å². The first kappa shape index (κ1) is 17.3. The number of hydrogen-bond donors (Lipinski definition) is 2. The smallest absolute Gasteiger partial charge is 0.258 e. The zero-order valence-corrected chi connectivity index (χ0v) is 14.7. The molecule has 0 aromatic heterocycles. The average molecular weight is 341 g/mol. The quantitative estimate of drug-likeness (QED) is 0.816. The molecule has 1 aliphatic heterocycles. The number of piperidine rings is 1. The minimum absolute atomic E-state index is 0.00960. The number of halogens is 1. The summed E-state index contributed by atoms with van der Waals surface area (Å²) >= 11 is 0. The van der Waals surface area contributed by atoms with Crippen molar-refractivity contribution in [2.45, 2.75) is 39.2 Å². The van der Waals surface area contributed by atoms with Gasteiger partial charge in [0.15, 0.2) is 0 Å². The topological polar surface area (TPSA) is 58.4 Å². The van der Waals surface area contributed by atoms with Crippen LogP contribution in [0.25, 0.3) is 0 Å². The third-order valence-corrected chi connectivity index (χ3v) is 4.85. The Labute approximate surface area is 147 Å². The molecule has 5 heteroatoms. The molecule has 4 nitrogen and oxygen atoms in total. The monoisotopic (exact) mass is 341 g/mol. The van der Waals surface area contributed by atoms with Crippen molar-refractivity contribution in [3.8, 4) is 0 Å². The molecule has 0 aliphatic carbocycles. The number of nitrogens with zero attached hydrogens (tertiary/aromatic N) is 1. The molecule has 0 saturated carbocycles. The fraction of sp³-hybridized carbons (Fsp3) is 0.350. The highest BCUT2D eigenvalue weighted by Gasteiger charge is 2.21. The van der Waals surface area contributed by atoms with Gasteiger partial charge in [-0.05, 0) is 62.9 Å². The highest BCUT2D eigenvalue weighted by molar-refractivity contribution is 6.06. The number of amides is 1. The molecule has 2 aromatic rings. The molecule has 3 rings (SSSR count). The third kappa shape index (κ3) is 3.60. The maximum atomic E-state index is 13.8. The lowest BCUT2D eigenvalue weighted by Crippen LogP contribution is -2.37. The van der Waals surface area contributed by atoms with Crippen LogP contribution in [-0.2, 0) is 0 Å². The standard InChI is InChI=1S/C20H24FN3O/c1-13-11-17(22)18(12-19(13)24-10-6-5-7-14(24)2)23-20(25)15-8-3-4-9-16(15)21/h3-4,8-9,11-12,14H,5-7,10,22H2,1-2H3,(H,23,25)/t14-/m0/s1. The van der Waals surface area contributed by atoms with Gasteiger partial charge in [0.2, 0.25) is 0 Å². The van der Waals surface area contributed by atoms with Crippen LogP contribution in [0.2, 0.25) is 0 Å². The summed E-state index contributed by atoms with van der Waals surface area (Å²) in [6.07, 6.45) is 3.55. The maximum absolute atomic E-state index is 13.8. The number of nitrogens with one attached hydrogen (secondary N) is 1. The minimum Gasteiger partial charge on any atom is -0.397 e.